The summed E-state index contributed by atoms with van der Waals surface area (Å²) in [6.07, 6.45) is 3.72. The van der Waals surface area contributed by atoms with E-state index in [0.717, 1.165) is 24.5 Å². The van der Waals surface area contributed by atoms with Gasteiger partial charge >= 0.3 is 0 Å². The highest BCUT2D eigenvalue weighted by Gasteiger charge is 2.26. The minimum absolute atomic E-state index is 0.278. The number of anilines is 1. The summed E-state index contributed by atoms with van der Waals surface area (Å²) >= 11 is 6.10. The minimum atomic E-state index is 0.278. The molecule has 3 unspecified atom stereocenters. The Morgan fingerprint density at radius 2 is 2.00 bits per heavy atom. The summed E-state index contributed by atoms with van der Waals surface area (Å²) in [6, 6.07) is 5.40. The summed E-state index contributed by atoms with van der Waals surface area (Å²) in [7, 11) is 0. The summed E-state index contributed by atoms with van der Waals surface area (Å²) in [5.41, 5.74) is 6.44. The second kappa shape index (κ2) is 5.18. The van der Waals surface area contributed by atoms with E-state index >= 15 is 0 Å². The van der Waals surface area contributed by atoms with Crippen molar-refractivity contribution in [2.45, 2.75) is 39.2 Å². The fourth-order valence-corrected chi connectivity index (χ4v) is 2.56. The Morgan fingerprint density at radius 3 is 2.71 bits per heavy atom. The Hall–Kier alpha value is -0.890. The molecule has 1 aromatic carbocycles. The summed E-state index contributed by atoms with van der Waals surface area (Å²) in [4.78, 5) is 0. The van der Waals surface area contributed by atoms with Gasteiger partial charge in [-0.15, -0.1) is 0 Å². The zero-order valence-corrected chi connectivity index (χ0v) is 11.2. The molecular formula is C14H20ClNO. The van der Waals surface area contributed by atoms with Gasteiger partial charge in [-0.05, 0) is 43.2 Å². The Balaban J connectivity index is 2.03. The maximum Gasteiger partial charge on any atom is 0.140 e. The summed E-state index contributed by atoms with van der Waals surface area (Å²) in [5.74, 6) is 2.23. The number of halogens is 1. The molecule has 0 heterocycles. The topological polar surface area (TPSA) is 35.2 Å². The Labute approximate surface area is 108 Å². The zero-order chi connectivity index (χ0) is 12.4. The van der Waals surface area contributed by atoms with Gasteiger partial charge in [0.15, 0.2) is 0 Å². The maximum atomic E-state index is 6.10. The van der Waals surface area contributed by atoms with Gasteiger partial charge in [0.1, 0.15) is 5.75 Å². The number of nitrogen functional groups attached to an aromatic ring is 1. The van der Waals surface area contributed by atoms with E-state index < -0.39 is 0 Å². The first-order valence-corrected chi connectivity index (χ1v) is 6.65. The SMILES string of the molecule is CC1CCC(Oc2cc(N)ccc2Cl)CC1C. The standard InChI is InChI=1S/C14H20ClNO/c1-9-3-5-12(7-10(9)2)17-14-8-11(16)4-6-13(14)15/h4,6,8-10,12H,3,5,7,16H2,1-2H3. The van der Waals surface area contributed by atoms with Gasteiger partial charge in [0.25, 0.3) is 0 Å². The molecule has 1 aliphatic carbocycles. The molecule has 0 aromatic heterocycles. The highest BCUT2D eigenvalue weighted by molar-refractivity contribution is 6.32. The van der Waals surface area contributed by atoms with Crippen LogP contribution in [-0.2, 0) is 0 Å². The van der Waals surface area contributed by atoms with E-state index in [-0.39, 0.29) is 6.10 Å². The quantitative estimate of drug-likeness (QED) is 0.805. The molecule has 0 bridgehead atoms. The molecule has 2 N–H and O–H groups in total. The van der Waals surface area contributed by atoms with Crippen LogP contribution in [0.5, 0.6) is 5.75 Å². The van der Waals surface area contributed by atoms with Crippen LogP contribution in [0.1, 0.15) is 33.1 Å². The summed E-state index contributed by atoms with van der Waals surface area (Å²) in [5, 5.41) is 0.644. The summed E-state index contributed by atoms with van der Waals surface area (Å²) in [6.45, 7) is 4.61. The third-order valence-corrected chi connectivity index (χ3v) is 4.11. The molecule has 1 fully saturated rings. The first-order chi connectivity index (χ1) is 8.06. The van der Waals surface area contributed by atoms with Crippen LogP contribution < -0.4 is 10.5 Å². The summed E-state index contributed by atoms with van der Waals surface area (Å²) < 4.78 is 5.97. The maximum absolute atomic E-state index is 6.10. The van der Waals surface area contributed by atoms with Gasteiger partial charge in [-0.25, -0.2) is 0 Å². The molecule has 1 aromatic rings. The zero-order valence-electron chi connectivity index (χ0n) is 10.4. The van der Waals surface area contributed by atoms with E-state index in [1.54, 1.807) is 12.1 Å². The van der Waals surface area contributed by atoms with Crippen molar-refractivity contribution >= 4 is 17.3 Å². The first-order valence-electron chi connectivity index (χ1n) is 6.28. The normalized spacial score (nSPS) is 29.0. The molecule has 0 amide bonds. The minimum Gasteiger partial charge on any atom is -0.489 e. The van der Waals surface area contributed by atoms with Gasteiger partial charge in [-0.2, -0.15) is 0 Å². The van der Waals surface area contributed by atoms with Crippen LogP contribution in [0.4, 0.5) is 5.69 Å². The number of ether oxygens (including phenoxy) is 1. The van der Waals surface area contributed by atoms with Crippen LogP contribution in [0.3, 0.4) is 0 Å². The predicted molar refractivity (Wildman–Crippen MR) is 72.5 cm³/mol. The molecule has 2 nitrogen and oxygen atoms in total. The number of rotatable bonds is 2. The van der Waals surface area contributed by atoms with Crippen molar-refractivity contribution in [2.75, 3.05) is 5.73 Å². The predicted octanol–water partition coefficient (Wildman–Crippen LogP) is 4.13. The second-order valence-corrected chi connectivity index (χ2v) is 5.60. The molecule has 94 valence electrons. The lowest BCUT2D eigenvalue weighted by Gasteiger charge is -2.32. The van der Waals surface area contributed by atoms with Crippen molar-refractivity contribution in [2.24, 2.45) is 11.8 Å². The van der Waals surface area contributed by atoms with Crippen molar-refractivity contribution in [3.63, 3.8) is 0 Å². The van der Waals surface area contributed by atoms with Gasteiger partial charge in [0, 0.05) is 11.8 Å². The van der Waals surface area contributed by atoms with Crippen molar-refractivity contribution in [3.8, 4) is 5.75 Å². The Kier molecular flexibility index (Phi) is 3.82. The van der Waals surface area contributed by atoms with Crippen molar-refractivity contribution in [3.05, 3.63) is 23.2 Å². The van der Waals surface area contributed by atoms with E-state index in [2.05, 4.69) is 13.8 Å². The van der Waals surface area contributed by atoms with Crippen LogP contribution >= 0.6 is 11.6 Å². The van der Waals surface area contributed by atoms with Crippen LogP contribution in [0, 0.1) is 11.8 Å². The van der Waals surface area contributed by atoms with Gasteiger partial charge in [-0.3, -0.25) is 0 Å². The van der Waals surface area contributed by atoms with E-state index in [1.165, 1.54) is 6.42 Å². The molecule has 3 heteroatoms. The van der Waals surface area contributed by atoms with Gasteiger partial charge in [0.2, 0.25) is 0 Å². The first kappa shape index (κ1) is 12.6. The van der Waals surface area contributed by atoms with Crippen molar-refractivity contribution in [1.29, 1.82) is 0 Å². The largest absolute Gasteiger partial charge is 0.489 e. The second-order valence-electron chi connectivity index (χ2n) is 5.20. The van der Waals surface area contributed by atoms with E-state index in [4.69, 9.17) is 22.1 Å². The monoisotopic (exact) mass is 253 g/mol. The molecule has 2 rings (SSSR count). The van der Waals surface area contributed by atoms with E-state index in [9.17, 15) is 0 Å². The average Bonchev–Trinajstić information content (AvgIpc) is 2.29. The molecule has 17 heavy (non-hydrogen) atoms. The lowest BCUT2D eigenvalue weighted by molar-refractivity contribution is 0.101. The molecule has 3 atom stereocenters. The number of hydrogen-bond acceptors (Lipinski definition) is 2. The molecule has 1 aliphatic rings. The third kappa shape index (κ3) is 3.06. The average molecular weight is 254 g/mol. The highest BCUT2D eigenvalue weighted by atomic mass is 35.5. The molecule has 0 saturated heterocycles. The van der Waals surface area contributed by atoms with E-state index in [1.807, 2.05) is 6.07 Å². The van der Waals surface area contributed by atoms with Crippen LogP contribution in [0.2, 0.25) is 5.02 Å². The Morgan fingerprint density at radius 1 is 1.24 bits per heavy atom. The molecular weight excluding hydrogens is 234 g/mol. The van der Waals surface area contributed by atoms with Gasteiger partial charge < -0.3 is 10.5 Å². The molecule has 0 spiro atoms. The third-order valence-electron chi connectivity index (χ3n) is 3.80. The van der Waals surface area contributed by atoms with E-state index in [0.29, 0.717) is 16.6 Å². The fraction of sp³-hybridized carbons (Fsp3) is 0.571. The van der Waals surface area contributed by atoms with Crippen LogP contribution in [0.15, 0.2) is 18.2 Å². The van der Waals surface area contributed by atoms with Crippen molar-refractivity contribution in [1.82, 2.24) is 0 Å². The van der Waals surface area contributed by atoms with Crippen molar-refractivity contribution < 1.29 is 4.74 Å². The highest BCUT2D eigenvalue weighted by Crippen LogP contribution is 2.34. The van der Waals surface area contributed by atoms with Crippen LogP contribution in [-0.4, -0.2) is 6.10 Å². The lowest BCUT2D eigenvalue weighted by Crippen LogP contribution is -2.28. The number of nitrogens with two attached hydrogens (primary N) is 1. The molecule has 1 saturated carbocycles. The fourth-order valence-electron chi connectivity index (χ4n) is 2.39. The molecule has 0 radical (unpaired) electrons. The smallest absolute Gasteiger partial charge is 0.140 e. The number of hydrogen-bond donors (Lipinski definition) is 1. The van der Waals surface area contributed by atoms with Crippen LogP contribution in [0.25, 0.3) is 0 Å². The van der Waals surface area contributed by atoms with Gasteiger partial charge in [-0.1, -0.05) is 25.4 Å². The van der Waals surface area contributed by atoms with Gasteiger partial charge in [0.05, 0.1) is 11.1 Å². The Bertz CT molecular complexity index is 394. The lowest BCUT2D eigenvalue weighted by atomic mass is 9.80. The molecule has 0 aliphatic heterocycles. The number of benzene rings is 1.